The van der Waals surface area contributed by atoms with Crippen LogP contribution >= 0.6 is 24.0 Å². The summed E-state index contributed by atoms with van der Waals surface area (Å²) in [6.45, 7) is 9.45. The zero-order chi connectivity index (χ0) is 18.0. The average molecular weight is 468 g/mol. The first kappa shape index (κ1) is 21.0. The number of phenols is 1. The Morgan fingerprint density at radius 1 is 1.08 bits per heavy atom. The fourth-order valence-electron chi connectivity index (χ4n) is 3.52. The number of halogens is 1. The summed E-state index contributed by atoms with van der Waals surface area (Å²) in [7, 11) is 0. The smallest absolute Gasteiger partial charge is 0.127 e. The van der Waals surface area contributed by atoms with Gasteiger partial charge in [0, 0.05) is 12.0 Å². The number of phenolic OH excluding ortho intramolecular Hbond substituents is 1. The van der Waals surface area contributed by atoms with Crippen LogP contribution in [0, 0.1) is 20.8 Å². The highest BCUT2D eigenvalue weighted by Crippen LogP contribution is 2.43. The van der Waals surface area contributed by atoms with Crippen LogP contribution in [0.5, 0.6) is 11.5 Å². The second kappa shape index (κ2) is 8.61. The van der Waals surface area contributed by atoms with Gasteiger partial charge < -0.3 is 14.6 Å². The van der Waals surface area contributed by atoms with Crippen molar-refractivity contribution in [1.82, 2.24) is 0 Å². The predicted octanol–water partition coefficient (Wildman–Crippen LogP) is 5.63. The van der Waals surface area contributed by atoms with Crippen molar-refractivity contribution in [3.8, 4) is 11.5 Å². The minimum absolute atomic E-state index is 0. The van der Waals surface area contributed by atoms with E-state index >= 15 is 0 Å². The minimum Gasteiger partial charge on any atom is -0.507 e. The van der Waals surface area contributed by atoms with Crippen molar-refractivity contribution in [3.63, 3.8) is 0 Å². The Bertz CT molecular complexity index is 758. The molecule has 2 aromatic rings. The van der Waals surface area contributed by atoms with Crippen LogP contribution in [0.2, 0.25) is 0 Å². The van der Waals surface area contributed by atoms with Gasteiger partial charge >= 0.3 is 0 Å². The number of hydrogen-bond acceptors (Lipinski definition) is 3. The van der Waals surface area contributed by atoms with E-state index in [1.807, 2.05) is 39.0 Å². The van der Waals surface area contributed by atoms with Gasteiger partial charge in [0.15, 0.2) is 0 Å². The van der Waals surface area contributed by atoms with Gasteiger partial charge in [-0.25, -0.2) is 0 Å². The second-order valence-electron chi connectivity index (χ2n) is 7.37. The maximum Gasteiger partial charge on any atom is 0.127 e. The highest BCUT2D eigenvalue weighted by atomic mass is 127. The Morgan fingerprint density at radius 3 is 2.46 bits per heavy atom. The molecule has 1 N–H and O–H groups in total. The van der Waals surface area contributed by atoms with Crippen molar-refractivity contribution >= 4 is 24.0 Å². The van der Waals surface area contributed by atoms with Crippen molar-refractivity contribution in [2.45, 2.75) is 59.2 Å². The van der Waals surface area contributed by atoms with Crippen LogP contribution in [0.4, 0.5) is 0 Å². The number of aromatic hydroxyl groups is 1. The summed E-state index contributed by atoms with van der Waals surface area (Å²) < 4.78 is 12.3. The highest BCUT2D eigenvalue weighted by Gasteiger charge is 2.34. The number of fused-ring (bicyclic) bond motifs is 1. The maximum absolute atomic E-state index is 10.3. The zero-order valence-corrected chi connectivity index (χ0v) is 18.4. The molecule has 4 heteroatoms. The summed E-state index contributed by atoms with van der Waals surface area (Å²) in [4.78, 5) is 0. The maximum atomic E-state index is 10.3. The minimum atomic E-state index is -0.218. The van der Waals surface area contributed by atoms with Crippen molar-refractivity contribution < 1.29 is 14.6 Å². The van der Waals surface area contributed by atoms with Crippen LogP contribution in [-0.4, -0.2) is 17.3 Å². The van der Waals surface area contributed by atoms with E-state index in [1.165, 1.54) is 5.56 Å². The average Bonchev–Trinajstić information content (AvgIpc) is 2.63. The van der Waals surface area contributed by atoms with Crippen molar-refractivity contribution in [3.05, 3.63) is 58.1 Å². The molecular formula is C22H29IO3. The van der Waals surface area contributed by atoms with Crippen LogP contribution < -0.4 is 4.74 Å². The number of rotatable bonds is 5. The Labute approximate surface area is 173 Å². The molecule has 0 aromatic heterocycles. The monoisotopic (exact) mass is 468 g/mol. The molecule has 1 aliphatic rings. The van der Waals surface area contributed by atoms with Gasteiger partial charge in [0.2, 0.25) is 0 Å². The van der Waals surface area contributed by atoms with E-state index in [2.05, 4.69) is 19.1 Å². The number of benzene rings is 2. The fraction of sp³-hybridized carbons (Fsp3) is 0.455. The molecule has 1 atom stereocenters. The molecule has 0 fully saturated rings. The standard InChI is InChI=1S/C22H28O3.HI/c1-15-16(2)21-19(17(3)20(15)23)10-11-22(4,25-21)12-13-24-14-18-8-6-5-7-9-18;/h5-9,23H,10-14H2,1-4H3;1H. The molecular weight excluding hydrogens is 439 g/mol. The largest absolute Gasteiger partial charge is 0.507 e. The van der Waals surface area contributed by atoms with E-state index in [4.69, 9.17) is 9.47 Å². The molecule has 1 heterocycles. The third kappa shape index (κ3) is 4.34. The van der Waals surface area contributed by atoms with Crippen LogP contribution in [0.1, 0.15) is 47.6 Å². The molecule has 1 unspecified atom stereocenters. The van der Waals surface area contributed by atoms with Gasteiger partial charge in [0.05, 0.1) is 13.2 Å². The molecule has 26 heavy (non-hydrogen) atoms. The molecule has 0 bridgehead atoms. The summed E-state index contributed by atoms with van der Waals surface area (Å²) in [6, 6.07) is 10.2. The molecule has 0 aliphatic carbocycles. The number of ether oxygens (including phenoxy) is 2. The molecule has 3 nitrogen and oxygen atoms in total. The Hall–Kier alpha value is -1.27. The summed E-state index contributed by atoms with van der Waals surface area (Å²) in [5, 5.41) is 10.3. The van der Waals surface area contributed by atoms with Gasteiger partial charge in [-0.2, -0.15) is 0 Å². The molecule has 3 rings (SSSR count). The Morgan fingerprint density at radius 2 is 1.77 bits per heavy atom. The van der Waals surface area contributed by atoms with E-state index in [0.717, 1.165) is 47.3 Å². The lowest BCUT2D eigenvalue weighted by atomic mass is 9.86. The van der Waals surface area contributed by atoms with Crippen molar-refractivity contribution in [2.24, 2.45) is 0 Å². The second-order valence-corrected chi connectivity index (χ2v) is 7.37. The predicted molar refractivity (Wildman–Crippen MR) is 116 cm³/mol. The third-order valence-corrected chi connectivity index (χ3v) is 5.48. The first-order valence-corrected chi connectivity index (χ1v) is 9.03. The van der Waals surface area contributed by atoms with Gasteiger partial charge in [-0.05, 0) is 62.8 Å². The van der Waals surface area contributed by atoms with Gasteiger partial charge in [0.25, 0.3) is 0 Å². The lowest BCUT2D eigenvalue weighted by Gasteiger charge is -2.38. The SMILES string of the molecule is Cc1c(C)c2c(c(C)c1O)CCC(C)(CCOCc1ccccc1)O2.I. The zero-order valence-electron chi connectivity index (χ0n) is 16.1. The van der Waals surface area contributed by atoms with E-state index < -0.39 is 0 Å². The lowest BCUT2D eigenvalue weighted by Crippen LogP contribution is -2.38. The van der Waals surface area contributed by atoms with Crippen LogP contribution in [0.15, 0.2) is 30.3 Å². The fourth-order valence-corrected chi connectivity index (χ4v) is 3.52. The molecule has 0 amide bonds. The molecule has 0 saturated heterocycles. The van der Waals surface area contributed by atoms with E-state index in [9.17, 15) is 5.11 Å². The third-order valence-electron chi connectivity index (χ3n) is 5.48. The van der Waals surface area contributed by atoms with Gasteiger partial charge in [-0.1, -0.05) is 30.3 Å². The first-order chi connectivity index (χ1) is 11.9. The van der Waals surface area contributed by atoms with Gasteiger partial charge in [-0.3, -0.25) is 0 Å². The number of hydrogen-bond donors (Lipinski definition) is 1. The molecule has 0 spiro atoms. The topological polar surface area (TPSA) is 38.7 Å². The molecule has 142 valence electrons. The summed E-state index contributed by atoms with van der Waals surface area (Å²) in [5.41, 5.74) is 5.06. The highest BCUT2D eigenvalue weighted by molar-refractivity contribution is 14.0. The van der Waals surface area contributed by atoms with E-state index in [1.54, 1.807) is 0 Å². The van der Waals surface area contributed by atoms with E-state index in [0.29, 0.717) is 19.0 Å². The van der Waals surface area contributed by atoms with Crippen molar-refractivity contribution in [2.75, 3.05) is 6.61 Å². The quantitative estimate of drug-likeness (QED) is 0.457. The molecule has 0 saturated carbocycles. The molecule has 0 radical (unpaired) electrons. The van der Waals surface area contributed by atoms with Gasteiger partial charge in [-0.15, -0.1) is 24.0 Å². The van der Waals surface area contributed by atoms with E-state index in [-0.39, 0.29) is 29.6 Å². The summed E-state index contributed by atoms with van der Waals surface area (Å²) in [6.07, 6.45) is 2.74. The summed E-state index contributed by atoms with van der Waals surface area (Å²) in [5.74, 6) is 1.37. The van der Waals surface area contributed by atoms with Crippen LogP contribution in [-0.2, 0) is 17.8 Å². The van der Waals surface area contributed by atoms with Crippen LogP contribution in [0.25, 0.3) is 0 Å². The Balaban J connectivity index is 0.00000243. The van der Waals surface area contributed by atoms with Crippen LogP contribution in [0.3, 0.4) is 0 Å². The summed E-state index contributed by atoms with van der Waals surface area (Å²) >= 11 is 0. The molecule has 1 aliphatic heterocycles. The van der Waals surface area contributed by atoms with Gasteiger partial charge in [0.1, 0.15) is 17.1 Å². The van der Waals surface area contributed by atoms with Crippen molar-refractivity contribution in [1.29, 1.82) is 0 Å². The lowest BCUT2D eigenvalue weighted by molar-refractivity contribution is 0.0144. The normalized spacial score (nSPS) is 18.6. The first-order valence-electron chi connectivity index (χ1n) is 9.03. The molecule has 2 aromatic carbocycles. The Kier molecular flexibility index (Phi) is 6.97.